The highest BCUT2D eigenvalue weighted by Gasteiger charge is 2.48. The summed E-state index contributed by atoms with van der Waals surface area (Å²) in [5.41, 5.74) is 4.33. The molecule has 2 aromatic carbocycles. The van der Waals surface area contributed by atoms with Crippen molar-refractivity contribution >= 4 is 27.8 Å². The third-order valence-electron chi connectivity index (χ3n) is 5.34. The first-order valence-electron chi connectivity index (χ1n) is 8.81. The van der Waals surface area contributed by atoms with Gasteiger partial charge in [-0.1, -0.05) is 30.3 Å². The van der Waals surface area contributed by atoms with Gasteiger partial charge >= 0.3 is 5.97 Å². The molecule has 0 unspecified atom stereocenters. The summed E-state index contributed by atoms with van der Waals surface area (Å²) in [5.74, 6) is -0.531. The van der Waals surface area contributed by atoms with Gasteiger partial charge in [0.1, 0.15) is 6.04 Å². The topological polar surface area (TPSA) is 74.7 Å². The van der Waals surface area contributed by atoms with Gasteiger partial charge in [-0.05, 0) is 54.7 Å². The van der Waals surface area contributed by atoms with E-state index in [4.69, 9.17) is 0 Å². The van der Waals surface area contributed by atoms with E-state index in [2.05, 4.69) is 0 Å². The van der Waals surface area contributed by atoms with Crippen LogP contribution in [0.4, 0.5) is 0 Å². The minimum atomic E-state index is -3.90. The molecule has 7 heteroatoms. The molecule has 4 rings (SSSR count). The molecule has 0 spiro atoms. The van der Waals surface area contributed by atoms with Crippen molar-refractivity contribution in [1.82, 2.24) is 4.31 Å². The Bertz CT molecular complexity index is 1030. The van der Waals surface area contributed by atoms with E-state index in [1.165, 1.54) is 17.3 Å². The second kappa shape index (κ2) is 6.36. The van der Waals surface area contributed by atoms with E-state index in [9.17, 15) is 18.3 Å². The number of thioether (sulfide) groups is 1. The standard InChI is InChI=1S/C20H21NO4S2/c1-20(2)18(19(22)23)21(9-10-26-20)27(24,25)15-7-8-17-14(12-15)11-13-5-3-4-6-16(13)17/h3-8,12,18H,9-11H2,1-2H3,(H,22,23)/t18-/m0/s1. The van der Waals surface area contributed by atoms with Gasteiger partial charge in [0, 0.05) is 17.0 Å². The molecule has 27 heavy (non-hydrogen) atoms. The van der Waals surface area contributed by atoms with Crippen molar-refractivity contribution in [2.45, 2.75) is 36.0 Å². The summed E-state index contributed by atoms with van der Waals surface area (Å²) in [6.45, 7) is 3.78. The van der Waals surface area contributed by atoms with E-state index in [-0.39, 0.29) is 11.4 Å². The highest BCUT2D eigenvalue weighted by molar-refractivity contribution is 8.00. The zero-order valence-corrected chi connectivity index (χ0v) is 16.8. The highest BCUT2D eigenvalue weighted by Crippen LogP contribution is 2.41. The number of carboxylic acids is 1. The number of aliphatic carboxylic acids is 1. The lowest BCUT2D eigenvalue weighted by atomic mass is 10.0. The van der Waals surface area contributed by atoms with Crippen LogP contribution in [-0.2, 0) is 21.2 Å². The second-order valence-corrected chi connectivity index (χ2v) is 11.1. The van der Waals surface area contributed by atoms with Crippen LogP contribution in [0.2, 0.25) is 0 Å². The van der Waals surface area contributed by atoms with Crippen LogP contribution in [0.3, 0.4) is 0 Å². The molecule has 1 aliphatic heterocycles. The SMILES string of the molecule is CC1(C)SCCN(S(=O)(=O)c2ccc3c(c2)Cc2ccccc2-3)[C@H]1C(=O)O. The molecule has 5 nitrogen and oxygen atoms in total. The Balaban J connectivity index is 1.75. The molecule has 0 aromatic heterocycles. The summed E-state index contributed by atoms with van der Waals surface area (Å²) < 4.78 is 27.1. The zero-order valence-electron chi connectivity index (χ0n) is 15.2. The molecule has 1 saturated heterocycles. The van der Waals surface area contributed by atoms with Gasteiger partial charge in [-0.15, -0.1) is 0 Å². The van der Waals surface area contributed by atoms with Crippen molar-refractivity contribution < 1.29 is 18.3 Å². The van der Waals surface area contributed by atoms with Gasteiger partial charge in [0.25, 0.3) is 0 Å². The lowest BCUT2D eigenvalue weighted by Gasteiger charge is -2.42. The Morgan fingerprint density at radius 1 is 1.15 bits per heavy atom. The molecule has 142 valence electrons. The quantitative estimate of drug-likeness (QED) is 0.727. The molecule has 0 saturated carbocycles. The predicted molar refractivity (Wildman–Crippen MR) is 107 cm³/mol. The number of nitrogens with zero attached hydrogens (tertiary/aromatic N) is 1. The van der Waals surface area contributed by atoms with Gasteiger partial charge in [-0.2, -0.15) is 16.1 Å². The van der Waals surface area contributed by atoms with E-state index < -0.39 is 26.8 Å². The van der Waals surface area contributed by atoms with Crippen molar-refractivity contribution in [3.63, 3.8) is 0 Å². The normalized spacial score (nSPS) is 21.5. The molecule has 1 heterocycles. The Kier molecular flexibility index (Phi) is 4.36. The summed E-state index contributed by atoms with van der Waals surface area (Å²) in [6, 6.07) is 12.1. The van der Waals surface area contributed by atoms with Crippen LogP contribution in [0.1, 0.15) is 25.0 Å². The molecule has 0 amide bonds. The van der Waals surface area contributed by atoms with Crippen LogP contribution in [-0.4, -0.2) is 46.9 Å². The number of benzene rings is 2. The van der Waals surface area contributed by atoms with E-state index in [1.807, 2.05) is 30.3 Å². The smallest absolute Gasteiger partial charge is 0.323 e. The van der Waals surface area contributed by atoms with Gasteiger partial charge in [-0.3, -0.25) is 4.79 Å². The number of hydrogen-bond donors (Lipinski definition) is 1. The molecular formula is C20H21NO4S2. The number of carbonyl (C=O) groups is 1. The third kappa shape index (κ3) is 2.98. The molecule has 1 fully saturated rings. The summed E-state index contributed by atoms with van der Waals surface area (Å²) in [5, 5.41) is 9.71. The maximum atomic E-state index is 13.3. The number of hydrogen-bond acceptors (Lipinski definition) is 4. The molecule has 1 aliphatic carbocycles. The molecule has 0 radical (unpaired) electrons. The van der Waals surface area contributed by atoms with Crippen LogP contribution in [0.25, 0.3) is 11.1 Å². The summed E-state index contributed by atoms with van der Waals surface area (Å²) >= 11 is 1.50. The largest absolute Gasteiger partial charge is 0.480 e. The number of rotatable bonds is 3. The Labute approximate surface area is 163 Å². The maximum Gasteiger partial charge on any atom is 0.323 e. The van der Waals surface area contributed by atoms with Gasteiger partial charge in [0.15, 0.2) is 0 Å². The van der Waals surface area contributed by atoms with Crippen molar-refractivity contribution in [3.8, 4) is 11.1 Å². The second-order valence-electron chi connectivity index (χ2n) is 7.46. The summed E-state index contributed by atoms with van der Waals surface area (Å²) in [6.07, 6.45) is 0.693. The first kappa shape index (κ1) is 18.5. The Hall–Kier alpha value is -1.83. The minimum Gasteiger partial charge on any atom is -0.480 e. The fourth-order valence-electron chi connectivity index (χ4n) is 4.05. The van der Waals surface area contributed by atoms with Crippen molar-refractivity contribution in [1.29, 1.82) is 0 Å². The first-order chi connectivity index (χ1) is 12.7. The monoisotopic (exact) mass is 403 g/mol. The van der Waals surface area contributed by atoms with E-state index in [1.54, 1.807) is 26.0 Å². The zero-order chi connectivity index (χ0) is 19.4. The lowest BCUT2D eigenvalue weighted by molar-refractivity contribution is -0.142. The third-order valence-corrected chi connectivity index (χ3v) is 8.55. The molecular weight excluding hydrogens is 382 g/mol. The van der Waals surface area contributed by atoms with E-state index >= 15 is 0 Å². The van der Waals surface area contributed by atoms with Crippen LogP contribution >= 0.6 is 11.8 Å². The van der Waals surface area contributed by atoms with Gasteiger partial charge in [0.2, 0.25) is 10.0 Å². The van der Waals surface area contributed by atoms with Crippen LogP contribution in [0.5, 0.6) is 0 Å². The molecule has 1 atom stereocenters. The predicted octanol–water partition coefficient (Wildman–Crippen LogP) is 3.23. The lowest BCUT2D eigenvalue weighted by Crippen LogP contribution is -2.58. The number of fused-ring (bicyclic) bond motifs is 3. The minimum absolute atomic E-state index is 0.169. The highest BCUT2D eigenvalue weighted by atomic mass is 32.2. The van der Waals surface area contributed by atoms with E-state index in [0.29, 0.717) is 12.2 Å². The Morgan fingerprint density at radius 3 is 2.59 bits per heavy atom. The summed E-state index contributed by atoms with van der Waals surface area (Å²) in [4.78, 5) is 12.0. The van der Waals surface area contributed by atoms with Crippen molar-refractivity contribution in [3.05, 3.63) is 53.6 Å². The molecule has 2 aliphatic rings. The number of sulfonamides is 1. The average molecular weight is 404 g/mol. The number of carboxylic acid groups (broad SMARTS) is 1. The first-order valence-corrected chi connectivity index (χ1v) is 11.2. The van der Waals surface area contributed by atoms with Crippen LogP contribution < -0.4 is 0 Å². The maximum absolute atomic E-state index is 13.3. The fourth-order valence-corrected chi connectivity index (χ4v) is 7.20. The van der Waals surface area contributed by atoms with Gasteiger partial charge in [-0.25, -0.2) is 8.42 Å². The van der Waals surface area contributed by atoms with Crippen LogP contribution in [0, 0.1) is 0 Å². The van der Waals surface area contributed by atoms with Crippen LogP contribution in [0.15, 0.2) is 47.4 Å². The van der Waals surface area contributed by atoms with Crippen molar-refractivity contribution in [2.75, 3.05) is 12.3 Å². The Morgan fingerprint density at radius 2 is 1.85 bits per heavy atom. The molecule has 2 aromatic rings. The van der Waals surface area contributed by atoms with Crippen molar-refractivity contribution in [2.24, 2.45) is 0 Å². The fraction of sp³-hybridized carbons (Fsp3) is 0.350. The summed E-state index contributed by atoms with van der Waals surface area (Å²) in [7, 11) is -3.90. The van der Waals surface area contributed by atoms with E-state index in [0.717, 1.165) is 21.0 Å². The van der Waals surface area contributed by atoms with Gasteiger partial charge in [0.05, 0.1) is 4.90 Å². The molecule has 0 bridgehead atoms. The van der Waals surface area contributed by atoms with Gasteiger partial charge < -0.3 is 5.11 Å². The average Bonchev–Trinajstić information content (AvgIpc) is 2.98. The molecule has 1 N–H and O–H groups in total.